The van der Waals surface area contributed by atoms with E-state index in [0.717, 1.165) is 18.5 Å². The molecule has 2 aromatic heterocycles. The molecule has 122 valence electrons. The smallest absolute Gasteiger partial charge is 0.272 e. The van der Waals surface area contributed by atoms with E-state index in [1.165, 1.54) is 5.56 Å². The van der Waals surface area contributed by atoms with Gasteiger partial charge >= 0.3 is 0 Å². The zero-order valence-electron chi connectivity index (χ0n) is 14.0. The van der Waals surface area contributed by atoms with Crippen molar-refractivity contribution in [1.29, 1.82) is 0 Å². The van der Waals surface area contributed by atoms with E-state index in [1.807, 2.05) is 24.3 Å². The lowest BCUT2D eigenvalue weighted by molar-refractivity contribution is 0.0791. The van der Waals surface area contributed by atoms with E-state index < -0.39 is 0 Å². The molecule has 0 saturated carbocycles. The predicted molar refractivity (Wildman–Crippen MR) is 92.5 cm³/mol. The third-order valence-electron chi connectivity index (χ3n) is 3.84. The first-order valence-electron chi connectivity index (χ1n) is 7.97. The van der Waals surface area contributed by atoms with Crippen LogP contribution in [0.3, 0.4) is 0 Å². The molecule has 0 bridgehead atoms. The first kappa shape index (κ1) is 16.9. The van der Waals surface area contributed by atoms with Crippen molar-refractivity contribution >= 4 is 11.6 Å². The van der Waals surface area contributed by atoms with Crippen LogP contribution >= 0.6 is 0 Å². The highest BCUT2D eigenvalue weighted by Crippen LogP contribution is 2.12. The van der Waals surface area contributed by atoms with Gasteiger partial charge in [0.2, 0.25) is 0 Å². The van der Waals surface area contributed by atoms with E-state index in [9.17, 15) is 4.79 Å². The van der Waals surface area contributed by atoms with Gasteiger partial charge in [0.15, 0.2) is 0 Å². The number of carbonyl (C=O) groups excluding carboxylic acids is 1. The SMILES string of the molecule is CCC(C)Nc1ccnc(C(=O)N(C)CCc2ccncc2)c1. The molecule has 0 aliphatic heterocycles. The van der Waals surface area contributed by atoms with Gasteiger partial charge in [0.25, 0.3) is 5.91 Å². The van der Waals surface area contributed by atoms with Crippen LogP contribution in [0.2, 0.25) is 0 Å². The molecule has 1 N–H and O–H groups in total. The Hall–Kier alpha value is -2.43. The summed E-state index contributed by atoms with van der Waals surface area (Å²) in [6.45, 7) is 4.88. The summed E-state index contributed by atoms with van der Waals surface area (Å²) in [5.74, 6) is -0.0631. The van der Waals surface area contributed by atoms with Gasteiger partial charge in [-0.25, -0.2) is 0 Å². The van der Waals surface area contributed by atoms with Crippen LogP contribution in [0.4, 0.5) is 5.69 Å². The lowest BCUT2D eigenvalue weighted by Gasteiger charge is -2.18. The van der Waals surface area contributed by atoms with Crippen molar-refractivity contribution in [3.05, 3.63) is 54.1 Å². The van der Waals surface area contributed by atoms with Crippen molar-refractivity contribution in [2.24, 2.45) is 0 Å². The number of aromatic nitrogens is 2. The van der Waals surface area contributed by atoms with Crippen molar-refractivity contribution in [2.45, 2.75) is 32.7 Å². The van der Waals surface area contributed by atoms with E-state index in [-0.39, 0.29) is 5.91 Å². The molecule has 0 aliphatic carbocycles. The van der Waals surface area contributed by atoms with Crippen LogP contribution in [0, 0.1) is 0 Å². The second-order valence-corrected chi connectivity index (χ2v) is 5.72. The Morgan fingerprint density at radius 2 is 2.00 bits per heavy atom. The number of carbonyl (C=O) groups is 1. The van der Waals surface area contributed by atoms with Crippen molar-refractivity contribution in [3.63, 3.8) is 0 Å². The normalized spacial score (nSPS) is 11.8. The summed E-state index contributed by atoms with van der Waals surface area (Å²) in [5.41, 5.74) is 2.57. The zero-order chi connectivity index (χ0) is 16.7. The second kappa shape index (κ2) is 8.27. The fourth-order valence-electron chi connectivity index (χ4n) is 2.17. The molecule has 0 saturated heterocycles. The second-order valence-electron chi connectivity index (χ2n) is 5.72. The fraction of sp³-hybridized carbons (Fsp3) is 0.389. The molecule has 0 aromatic carbocycles. The van der Waals surface area contributed by atoms with Crippen LogP contribution in [0.5, 0.6) is 0 Å². The minimum absolute atomic E-state index is 0.0631. The monoisotopic (exact) mass is 312 g/mol. The summed E-state index contributed by atoms with van der Waals surface area (Å²) in [5, 5.41) is 3.37. The molecule has 2 rings (SSSR count). The van der Waals surface area contributed by atoms with Gasteiger partial charge in [-0.2, -0.15) is 0 Å². The Bertz CT molecular complexity index is 630. The molecule has 5 heteroatoms. The molecular weight excluding hydrogens is 288 g/mol. The van der Waals surface area contributed by atoms with Gasteiger partial charge in [0.1, 0.15) is 5.69 Å². The van der Waals surface area contributed by atoms with Crippen LogP contribution in [-0.2, 0) is 6.42 Å². The maximum Gasteiger partial charge on any atom is 0.272 e. The molecule has 1 unspecified atom stereocenters. The van der Waals surface area contributed by atoms with E-state index in [2.05, 4.69) is 29.1 Å². The Morgan fingerprint density at radius 1 is 1.26 bits per heavy atom. The minimum atomic E-state index is -0.0631. The standard InChI is InChI=1S/C18H24N4O/c1-4-14(2)21-16-7-11-20-17(13-16)18(23)22(3)12-8-15-5-9-19-10-6-15/h5-7,9-11,13-14H,4,8,12H2,1-3H3,(H,20,21). The summed E-state index contributed by atoms with van der Waals surface area (Å²) in [7, 11) is 1.81. The highest BCUT2D eigenvalue weighted by Gasteiger charge is 2.14. The Kier molecular flexibility index (Phi) is 6.09. The number of rotatable bonds is 7. The summed E-state index contributed by atoms with van der Waals surface area (Å²) in [6.07, 6.45) is 7.03. The molecule has 1 atom stereocenters. The molecule has 1 amide bonds. The maximum atomic E-state index is 12.5. The fourth-order valence-corrected chi connectivity index (χ4v) is 2.17. The zero-order valence-corrected chi connectivity index (χ0v) is 14.0. The molecule has 0 aliphatic rings. The average molecular weight is 312 g/mol. The van der Waals surface area contributed by atoms with Crippen LogP contribution in [-0.4, -0.2) is 40.4 Å². The van der Waals surface area contributed by atoms with E-state index in [0.29, 0.717) is 18.3 Å². The number of hydrogen-bond acceptors (Lipinski definition) is 4. The Morgan fingerprint density at radius 3 is 2.70 bits per heavy atom. The molecule has 2 aromatic rings. The van der Waals surface area contributed by atoms with Gasteiger partial charge in [-0.05, 0) is 49.6 Å². The first-order valence-corrected chi connectivity index (χ1v) is 7.97. The molecular formula is C18H24N4O. The largest absolute Gasteiger partial charge is 0.382 e. The summed E-state index contributed by atoms with van der Waals surface area (Å²) >= 11 is 0. The number of amides is 1. The van der Waals surface area contributed by atoms with Crippen LogP contribution in [0.15, 0.2) is 42.9 Å². The Labute approximate surface area is 137 Å². The minimum Gasteiger partial charge on any atom is -0.382 e. The lowest BCUT2D eigenvalue weighted by Crippen LogP contribution is -2.29. The molecule has 23 heavy (non-hydrogen) atoms. The van der Waals surface area contributed by atoms with Crippen molar-refractivity contribution < 1.29 is 4.79 Å². The van der Waals surface area contributed by atoms with Crippen LogP contribution < -0.4 is 5.32 Å². The number of nitrogens with one attached hydrogen (secondary N) is 1. The molecule has 0 fully saturated rings. The highest BCUT2D eigenvalue weighted by atomic mass is 16.2. The van der Waals surface area contributed by atoms with Crippen molar-refractivity contribution in [2.75, 3.05) is 18.9 Å². The number of hydrogen-bond donors (Lipinski definition) is 1. The van der Waals surface area contributed by atoms with Crippen molar-refractivity contribution in [3.8, 4) is 0 Å². The van der Waals surface area contributed by atoms with Gasteiger partial charge in [-0.3, -0.25) is 14.8 Å². The molecule has 0 spiro atoms. The van der Waals surface area contributed by atoms with E-state index in [1.54, 1.807) is 30.5 Å². The van der Waals surface area contributed by atoms with Gasteiger partial charge < -0.3 is 10.2 Å². The van der Waals surface area contributed by atoms with Crippen molar-refractivity contribution in [1.82, 2.24) is 14.9 Å². The summed E-state index contributed by atoms with van der Waals surface area (Å²) in [4.78, 5) is 22.4. The topological polar surface area (TPSA) is 58.1 Å². The molecule has 2 heterocycles. The number of likely N-dealkylation sites (N-methyl/N-ethyl adjacent to an activating group) is 1. The third-order valence-corrected chi connectivity index (χ3v) is 3.84. The van der Waals surface area contributed by atoms with Gasteiger partial charge in [-0.1, -0.05) is 6.92 Å². The van der Waals surface area contributed by atoms with Crippen LogP contribution in [0.25, 0.3) is 0 Å². The summed E-state index contributed by atoms with van der Waals surface area (Å²) in [6, 6.07) is 8.00. The molecule has 5 nitrogen and oxygen atoms in total. The number of pyridine rings is 2. The van der Waals surface area contributed by atoms with Crippen LogP contribution in [0.1, 0.15) is 36.3 Å². The van der Waals surface area contributed by atoms with E-state index >= 15 is 0 Å². The van der Waals surface area contributed by atoms with Gasteiger partial charge in [-0.15, -0.1) is 0 Å². The van der Waals surface area contributed by atoms with Gasteiger partial charge in [0, 0.05) is 43.9 Å². The predicted octanol–water partition coefficient (Wildman–Crippen LogP) is 3.00. The maximum absolute atomic E-state index is 12.5. The highest BCUT2D eigenvalue weighted by molar-refractivity contribution is 5.93. The van der Waals surface area contributed by atoms with Gasteiger partial charge in [0.05, 0.1) is 0 Å². The van der Waals surface area contributed by atoms with E-state index in [4.69, 9.17) is 0 Å². The Balaban J connectivity index is 1.97. The average Bonchev–Trinajstić information content (AvgIpc) is 2.60. The third kappa shape index (κ3) is 5.06. The number of anilines is 1. The molecule has 0 radical (unpaired) electrons. The first-order chi connectivity index (χ1) is 11.1. The lowest BCUT2D eigenvalue weighted by atomic mass is 10.2. The quantitative estimate of drug-likeness (QED) is 0.854. The summed E-state index contributed by atoms with van der Waals surface area (Å²) < 4.78 is 0. The number of nitrogens with zero attached hydrogens (tertiary/aromatic N) is 3.